The van der Waals surface area contributed by atoms with E-state index < -0.39 is 0 Å². The molecule has 110 valence electrons. The molecule has 1 N–H and O–H groups in total. The lowest BCUT2D eigenvalue weighted by molar-refractivity contribution is 0.918. The van der Waals surface area contributed by atoms with E-state index in [1.165, 1.54) is 5.56 Å². The van der Waals surface area contributed by atoms with Gasteiger partial charge in [0.05, 0.1) is 5.69 Å². The van der Waals surface area contributed by atoms with Crippen LogP contribution >= 0.6 is 0 Å². The van der Waals surface area contributed by atoms with Crippen LogP contribution in [0.4, 0.5) is 5.69 Å². The predicted molar refractivity (Wildman–Crippen MR) is 88.2 cm³/mol. The molecule has 2 aromatic heterocycles. The highest BCUT2D eigenvalue weighted by Gasteiger charge is 2.05. The van der Waals surface area contributed by atoms with E-state index in [2.05, 4.69) is 44.8 Å². The SMILES string of the molecule is Cn1cnnc1-c1cncc(NC/C=C/c2ccccc2)c1. The van der Waals surface area contributed by atoms with Crippen molar-refractivity contribution in [2.45, 2.75) is 0 Å². The fourth-order valence-corrected chi connectivity index (χ4v) is 2.14. The van der Waals surface area contributed by atoms with Crippen molar-refractivity contribution in [2.24, 2.45) is 7.05 Å². The van der Waals surface area contributed by atoms with Gasteiger partial charge in [0.15, 0.2) is 5.82 Å². The van der Waals surface area contributed by atoms with E-state index in [1.54, 1.807) is 18.7 Å². The number of hydrogen-bond donors (Lipinski definition) is 1. The van der Waals surface area contributed by atoms with E-state index >= 15 is 0 Å². The Balaban J connectivity index is 1.64. The second-order valence-corrected chi connectivity index (χ2v) is 4.92. The fraction of sp³-hybridized carbons (Fsp3) is 0.118. The van der Waals surface area contributed by atoms with Gasteiger partial charge in [-0.05, 0) is 11.6 Å². The standard InChI is InChI=1S/C17H17N5/c1-22-13-20-21-17(22)15-10-16(12-18-11-15)19-9-5-8-14-6-3-2-4-7-14/h2-8,10-13,19H,9H2,1H3/b8-5+. The molecule has 3 aromatic rings. The Labute approximate surface area is 129 Å². The zero-order valence-corrected chi connectivity index (χ0v) is 12.3. The van der Waals surface area contributed by atoms with Crippen LogP contribution in [0.25, 0.3) is 17.5 Å². The first-order valence-electron chi connectivity index (χ1n) is 7.08. The first-order valence-corrected chi connectivity index (χ1v) is 7.08. The summed E-state index contributed by atoms with van der Waals surface area (Å²) in [4.78, 5) is 4.25. The molecule has 0 fully saturated rings. The Hall–Kier alpha value is -2.95. The normalized spacial score (nSPS) is 11.0. The fourth-order valence-electron chi connectivity index (χ4n) is 2.14. The molecular weight excluding hydrogens is 274 g/mol. The molecule has 0 spiro atoms. The maximum atomic E-state index is 4.25. The molecule has 2 heterocycles. The van der Waals surface area contributed by atoms with Crippen LogP contribution in [-0.4, -0.2) is 26.3 Å². The lowest BCUT2D eigenvalue weighted by Gasteiger charge is -2.05. The molecule has 0 saturated carbocycles. The van der Waals surface area contributed by atoms with Gasteiger partial charge in [-0.2, -0.15) is 0 Å². The summed E-state index contributed by atoms with van der Waals surface area (Å²) in [6.45, 7) is 0.735. The van der Waals surface area contributed by atoms with Gasteiger partial charge in [-0.3, -0.25) is 4.98 Å². The smallest absolute Gasteiger partial charge is 0.165 e. The second-order valence-electron chi connectivity index (χ2n) is 4.92. The Morgan fingerprint density at radius 3 is 2.82 bits per heavy atom. The van der Waals surface area contributed by atoms with Gasteiger partial charge in [0, 0.05) is 31.5 Å². The molecule has 3 rings (SSSR count). The van der Waals surface area contributed by atoms with Crippen LogP contribution in [0.3, 0.4) is 0 Å². The Morgan fingerprint density at radius 2 is 2.05 bits per heavy atom. The minimum absolute atomic E-state index is 0.735. The minimum atomic E-state index is 0.735. The molecule has 0 amide bonds. The molecule has 0 aliphatic rings. The highest BCUT2D eigenvalue weighted by molar-refractivity contribution is 5.60. The average Bonchev–Trinajstić information content (AvgIpc) is 2.99. The van der Waals surface area contributed by atoms with Crippen molar-refractivity contribution in [1.82, 2.24) is 19.7 Å². The first-order chi connectivity index (χ1) is 10.8. The van der Waals surface area contributed by atoms with E-state index in [0.717, 1.165) is 23.6 Å². The number of pyridine rings is 1. The molecular formula is C17H17N5. The van der Waals surface area contributed by atoms with Crippen LogP contribution in [0.1, 0.15) is 5.56 Å². The maximum Gasteiger partial charge on any atom is 0.165 e. The summed E-state index contributed by atoms with van der Waals surface area (Å²) in [5, 5.41) is 11.3. The summed E-state index contributed by atoms with van der Waals surface area (Å²) >= 11 is 0. The molecule has 0 bridgehead atoms. The molecule has 0 radical (unpaired) electrons. The number of hydrogen-bond acceptors (Lipinski definition) is 4. The molecule has 5 nitrogen and oxygen atoms in total. The van der Waals surface area contributed by atoms with Gasteiger partial charge in [-0.15, -0.1) is 10.2 Å². The number of nitrogens with one attached hydrogen (secondary N) is 1. The lowest BCUT2D eigenvalue weighted by atomic mass is 10.2. The quantitative estimate of drug-likeness (QED) is 0.785. The zero-order chi connectivity index (χ0) is 15.2. The number of benzene rings is 1. The predicted octanol–water partition coefficient (Wildman–Crippen LogP) is 3.00. The summed E-state index contributed by atoms with van der Waals surface area (Å²) in [5.74, 6) is 0.802. The van der Waals surface area contributed by atoms with Crippen molar-refractivity contribution < 1.29 is 0 Å². The van der Waals surface area contributed by atoms with Crippen LogP contribution < -0.4 is 5.32 Å². The molecule has 0 aliphatic heterocycles. The third kappa shape index (κ3) is 3.38. The van der Waals surface area contributed by atoms with Crippen molar-refractivity contribution >= 4 is 11.8 Å². The third-order valence-corrected chi connectivity index (χ3v) is 3.24. The summed E-state index contributed by atoms with van der Waals surface area (Å²) in [6.07, 6.45) is 9.44. The van der Waals surface area contributed by atoms with E-state index in [4.69, 9.17) is 0 Å². The monoisotopic (exact) mass is 291 g/mol. The summed E-state index contributed by atoms with van der Waals surface area (Å²) in [5.41, 5.74) is 3.09. The molecule has 5 heteroatoms. The van der Waals surface area contributed by atoms with Gasteiger partial charge >= 0.3 is 0 Å². The number of aromatic nitrogens is 4. The van der Waals surface area contributed by atoms with E-state index in [1.807, 2.05) is 35.9 Å². The minimum Gasteiger partial charge on any atom is -0.380 e. The molecule has 1 aromatic carbocycles. The van der Waals surface area contributed by atoms with Crippen LogP contribution in [0.2, 0.25) is 0 Å². The Morgan fingerprint density at radius 1 is 1.18 bits per heavy atom. The first kappa shape index (κ1) is 14.0. The van der Waals surface area contributed by atoms with Crippen LogP contribution in [0.5, 0.6) is 0 Å². The number of nitrogens with zero attached hydrogens (tertiary/aromatic N) is 4. The zero-order valence-electron chi connectivity index (χ0n) is 12.3. The van der Waals surface area contributed by atoms with Crippen molar-refractivity contribution in [3.05, 3.63) is 66.8 Å². The van der Waals surface area contributed by atoms with Gasteiger partial charge < -0.3 is 9.88 Å². The molecule has 0 atom stereocenters. The highest BCUT2D eigenvalue weighted by atomic mass is 15.2. The van der Waals surface area contributed by atoms with Crippen molar-refractivity contribution in [3.8, 4) is 11.4 Å². The number of rotatable bonds is 5. The maximum absolute atomic E-state index is 4.25. The molecule has 0 aliphatic carbocycles. The van der Waals surface area contributed by atoms with Gasteiger partial charge in [0.1, 0.15) is 6.33 Å². The lowest BCUT2D eigenvalue weighted by Crippen LogP contribution is -2.00. The van der Waals surface area contributed by atoms with E-state index in [9.17, 15) is 0 Å². The summed E-state index contributed by atoms with van der Waals surface area (Å²) < 4.78 is 1.87. The van der Waals surface area contributed by atoms with Gasteiger partial charge in [-0.1, -0.05) is 42.5 Å². The Bertz CT molecular complexity index is 761. The van der Waals surface area contributed by atoms with E-state index in [-0.39, 0.29) is 0 Å². The van der Waals surface area contributed by atoms with Crippen molar-refractivity contribution in [3.63, 3.8) is 0 Å². The molecule has 0 unspecified atom stereocenters. The van der Waals surface area contributed by atoms with E-state index in [0.29, 0.717) is 0 Å². The van der Waals surface area contributed by atoms with Gasteiger partial charge in [0.25, 0.3) is 0 Å². The van der Waals surface area contributed by atoms with Crippen LogP contribution in [0.15, 0.2) is 61.2 Å². The number of anilines is 1. The summed E-state index contributed by atoms with van der Waals surface area (Å²) in [7, 11) is 1.91. The third-order valence-electron chi connectivity index (χ3n) is 3.24. The van der Waals surface area contributed by atoms with Crippen LogP contribution in [-0.2, 0) is 7.05 Å². The second kappa shape index (κ2) is 6.67. The largest absolute Gasteiger partial charge is 0.380 e. The van der Waals surface area contributed by atoms with Crippen molar-refractivity contribution in [2.75, 3.05) is 11.9 Å². The number of aryl methyl sites for hydroxylation is 1. The summed E-state index contributed by atoms with van der Waals surface area (Å²) in [6, 6.07) is 12.2. The highest BCUT2D eigenvalue weighted by Crippen LogP contribution is 2.18. The van der Waals surface area contributed by atoms with Gasteiger partial charge in [-0.25, -0.2) is 0 Å². The van der Waals surface area contributed by atoms with Crippen molar-refractivity contribution in [1.29, 1.82) is 0 Å². The Kier molecular flexibility index (Phi) is 4.25. The average molecular weight is 291 g/mol. The van der Waals surface area contributed by atoms with Gasteiger partial charge in [0.2, 0.25) is 0 Å². The molecule has 22 heavy (non-hydrogen) atoms. The topological polar surface area (TPSA) is 55.6 Å². The van der Waals surface area contributed by atoms with Crippen LogP contribution in [0, 0.1) is 0 Å². The molecule has 0 saturated heterocycles.